The second kappa shape index (κ2) is 7.34. The maximum absolute atomic E-state index is 11.5. The molecule has 0 amide bonds. The number of ether oxygens (including phenoxy) is 1. The lowest BCUT2D eigenvalue weighted by molar-refractivity contribution is -0.141. The molecule has 1 rings (SSSR count). The highest BCUT2D eigenvalue weighted by Crippen LogP contribution is 2.47. The molecule has 104 valence electrons. The van der Waals surface area contributed by atoms with Gasteiger partial charge in [-0.1, -0.05) is 24.8 Å². The van der Waals surface area contributed by atoms with Crippen LogP contribution in [0.2, 0.25) is 0 Å². The molecule has 0 fully saturated rings. The van der Waals surface area contributed by atoms with Gasteiger partial charge in [-0.2, -0.15) is 0 Å². The molecule has 0 radical (unpaired) electrons. The van der Waals surface area contributed by atoms with Gasteiger partial charge < -0.3 is 9.26 Å². The molecule has 0 aliphatic rings. The van der Waals surface area contributed by atoms with E-state index in [2.05, 4.69) is 11.7 Å². The van der Waals surface area contributed by atoms with E-state index in [0.29, 0.717) is 5.75 Å². The smallest absolute Gasteiger partial charge is 0.408 e. The maximum Gasteiger partial charge on any atom is 0.408 e. The van der Waals surface area contributed by atoms with Gasteiger partial charge in [0.05, 0.1) is 6.42 Å². The van der Waals surface area contributed by atoms with Crippen LogP contribution in [0.5, 0.6) is 5.75 Å². The molecule has 0 aromatic heterocycles. The molecule has 0 aliphatic heterocycles. The molecule has 0 aliphatic carbocycles. The highest BCUT2D eigenvalue weighted by molar-refractivity contribution is 7.84. The maximum atomic E-state index is 11.5. The zero-order chi connectivity index (χ0) is 14.3. The van der Waals surface area contributed by atoms with Gasteiger partial charge in [-0.3, -0.25) is 4.79 Å². The van der Waals surface area contributed by atoms with Crippen molar-refractivity contribution in [2.45, 2.75) is 6.42 Å². The molecule has 1 aromatic rings. The van der Waals surface area contributed by atoms with E-state index in [-0.39, 0.29) is 19.0 Å². The molecule has 1 aromatic carbocycles. The SMILES string of the molecule is C=CCOC(=O)Cc1ccc(OP(=O)(Cl)NC)cc1. The summed E-state index contributed by atoms with van der Waals surface area (Å²) in [5.74, 6) is 0.0164. The number of halogens is 1. The monoisotopic (exact) mass is 303 g/mol. The van der Waals surface area contributed by atoms with Crippen LogP contribution in [-0.4, -0.2) is 19.6 Å². The minimum atomic E-state index is -3.33. The molecule has 5 nitrogen and oxygen atoms in total. The second-order valence-corrected chi connectivity index (χ2v) is 6.51. The Morgan fingerprint density at radius 3 is 2.63 bits per heavy atom. The van der Waals surface area contributed by atoms with Gasteiger partial charge in [0.2, 0.25) is 0 Å². The number of hydrogen-bond donors (Lipinski definition) is 1. The Hall–Kier alpha value is -1.29. The van der Waals surface area contributed by atoms with Crippen molar-refractivity contribution in [3.63, 3.8) is 0 Å². The minimum absolute atomic E-state index is 0.151. The zero-order valence-corrected chi connectivity index (χ0v) is 12.1. The number of carbonyl (C=O) groups is 1. The van der Waals surface area contributed by atoms with Gasteiger partial charge in [-0.25, -0.2) is 9.65 Å². The molecule has 0 bridgehead atoms. The van der Waals surface area contributed by atoms with Crippen molar-refractivity contribution in [2.24, 2.45) is 0 Å². The Kier molecular flexibility index (Phi) is 6.09. The van der Waals surface area contributed by atoms with E-state index < -0.39 is 6.87 Å². The lowest BCUT2D eigenvalue weighted by atomic mass is 10.1. The van der Waals surface area contributed by atoms with Gasteiger partial charge >= 0.3 is 12.8 Å². The standard InChI is InChI=1S/C12H15ClNO4P/c1-3-8-17-12(15)9-10-4-6-11(7-5-10)18-19(13,16)14-2/h3-7H,1,8-9H2,2H3,(H,14,16). The summed E-state index contributed by atoms with van der Waals surface area (Å²) in [4.78, 5) is 11.4. The van der Waals surface area contributed by atoms with Crippen LogP contribution in [0.4, 0.5) is 0 Å². The Labute approximate surface area is 116 Å². The topological polar surface area (TPSA) is 64.6 Å². The van der Waals surface area contributed by atoms with Gasteiger partial charge in [0.1, 0.15) is 12.4 Å². The Morgan fingerprint density at radius 2 is 2.11 bits per heavy atom. The third kappa shape index (κ3) is 5.92. The third-order valence-corrected chi connectivity index (χ3v) is 3.82. The predicted octanol–water partition coefficient (Wildman–Crippen LogP) is 2.90. The average Bonchev–Trinajstić information content (AvgIpc) is 2.38. The third-order valence-electron chi connectivity index (χ3n) is 2.12. The number of benzene rings is 1. The summed E-state index contributed by atoms with van der Waals surface area (Å²) >= 11 is 5.58. The summed E-state index contributed by atoms with van der Waals surface area (Å²) in [6.07, 6.45) is 1.66. The van der Waals surface area contributed by atoms with E-state index >= 15 is 0 Å². The fraction of sp³-hybridized carbons (Fsp3) is 0.250. The molecule has 1 unspecified atom stereocenters. The van der Waals surface area contributed by atoms with Crippen LogP contribution in [0.25, 0.3) is 0 Å². The molecule has 1 N–H and O–H groups in total. The van der Waals surface area contributed by atoms with E-state index in [0.717, 1.165) is 5.56 Å². The lowest BCUT2D eigenvalue weighted by Gasteiger charge is -2.11. The van der Waals surface area contributed by atoms with E-state index in [4.69, 9.17) is 20.5 Å². The number of rotatable bonds is 7. The van der Waals surface area contributed by atoms with Crippen molar-refractivity contribution in [2.75, 3.05) is 13.7 Å². The summed E-state index contributed by atoms with van der Waals surface area (Å²) in [6.45, 7) is 0.314. The molecule has 0 saturated carbocycles. The van der Waals surface area contributed by atoms with Gasteiger partial charge in [-0.05, 0) is 24.7 Å². The Morgan fingerprint density at radius 1 is 1.47 bits per heavy atom. The summed E-state index contributed by atoms with van der Waals surface area (Å²) in [5.41, 5.74) is 0.760. The molecule has 7 heteroatoms. The fourth-order valence-electron chi connectivity index (χ4n) is 1.22. The molecule has 1 atom stereocenters. The molecule has 0 spiro atoms. The Bertz CT molecular complexity index is 489. The van der Waals surface area contributed by atoms with Crippen LogP contribution in [0.3, 0.4) is 0 Å². The quantitative estimate of drug-likeness (QED) is 0.477. The van der Waals surface area contributed by atoms with Crippen LogP contribution in [-0.2, 0) is 20.5 Å². The second-order valence-electron chi connectivity index (χ2n) is 3.59. The molecule has 0 heterocycles. The first-order valence-corrected chi connectivity index (χ1v) is 8.03. The normalized spacial score (nSPS) is 13.4. The molecular weight excluding hydrogens is 289 g/mol. The average molecular weight is 304 g/mol. The van der Waals surface area contributed by atoms with Crippen molar-refractivity contribution in [1.29, 1.82) is 0 Å². The van der Waals surface area contributed by atoms with Gasteiger partial charge in [0, 0.05) is 11.2 Å². The van der Waals surface area contributed by atoms with Crippen molar-refractivity contribution >= 4 is 24.1 Å². The minimum Gasteiger partial charge on any atom is -0.461 e. The van der Waals surface area contributed by atoms with Crippen LogP contribution in [0.1, 0.15) is 5.56 Å². The number of nitrogens with one attached hydrogen (secondary N) is 1. The highest BCUT2D eigenvalue weighted by Gasteiger charge is 2.17. The van der Waals surface area contributed by atoms with Crippen LogP contribution >= 0.6 is 18.1 Å². The van der Waals surface area contributed by atoms with Crippen molar-refractivity contribution < 1.29 is 18.6 Å². The lowest BCUT2D eigenvalue weighted by Crippen LogP contribution is -2.08. The number of hydrogen-bond acceptors (Lipinski definition) is 4. The van der Waals surface area contributed by atoms with E-state index in [1.54, 1.807) is 24.3 Å². The van der Waals surface area contributed by atoms with E-state index in [9.17, 15) is 9.36 Å². The zero-order valence-electron chi connectivity index (χ0n) is 10.5. The molecular formula is C12H15ClNO4P. The largest absolute Gasteiger partial charge is 0.461 e. The van der Waals surface area contributed by atoms with Crippen molar-refractivity contribution in [3.05, 3.63) is 42.5 Å². The summed E-state index contributed by atoms with van der Waals surface area (Å²) in [5, 5.41) is 2.38. The van der Waals surface area contributed by atoms with Crippen LogP contribution < -0.4 is 9.61 Å². The molecule has 0 saturated heterocycles. The summed E-state index contributed by atoms with van der Waals surface area (Å²) in [7, 11) is 1.44. The van der Waals surface area contributed by atoms with Crippen LogP contribution in [0.15, 0.2) is 36.9 Å². The van der Waals surface area contributed by atoms with E-state index in [1.165, 1.54) is 13.1 Å². The molecule has 19 heavy (non-hydrogen) atoms. The number of esters is 1. The van der Waals surface area contributed by atoms with Crippen molar-refractivity contribution in [3.8, 4) is 5.75 Å². The summed E-state index contributed by atoms with van der Waals surface area (Å²) in [6, 6.07) is 6.53. The van der Waals surface area contributed by atoms with Gasteiger partial charge in [0.15, 0.2) is 0 Å². The first-order valence-electron chi connectivity index (χ1n) is 5.50. The Balaban J connectivity index is 2.59. The van der Waals surface area contributed by atoms with Crippen molar-refractivity contribution in [1.82, 2.24) is 5.09 Å². The first kappa shape index (κ1) is 15.8. The highest BCUT2D eigenvalue weighted by atomic mass is 35.7. The first-order chi connectivity index (χ1) is 8.96. The van der Waals surface area contributed by atoms with E-state index in [1.807, 2.05) is 0 Å². The van der Waals surface area contributed by atoms with Gasteiger partial charge in [-0.15, -0.1) is 0 Å². The predicted molar refractivity (Wildman–Crippen MR) is 74.4 cm³/mol. The van der Waals surface area contributed by atoms with Crippen LogP contribution in [0, 0.1) is 0 Å². The fourth-order valence-corrected chi connectivity index (χ4v) is 1.94. The van der Waals surface area contributed by atoms with Gasteiger partial charge in [0.25, 0.3) is 0 Å². The summed E-state index contributed by atoms with van der Waals surface area (Å²) < 4.78 is 21.4. The number of carbonyl (C=O) groups excluding carboxylic acids is 1.